The lowest BCUT2D eigenvalue weighted by Gasteiger charge is -2.25. The van der Waals surface area contributed by atoms with Gasteiger partial charge in [0.15, 0.2) is 0 Å². The quantitative estimate of drug-likeness (QED) is 0.690. The molecule has 2 aromatic rings. The first-order valence-corrected chi connectivity index (χ1v) is 10.2. The molecule has 4 nitrogen and oxygen atoms in total. The lowest BCUT2D eigenvalue weighted by atomic mass is 10.0. The van der Waals surface area contributed by atoms with Crippen molar-refractivity contribution in [3.8, 4) is 0 Å². The summed E-state index contributed by atoms with van der Waals surface area (Å²) in [5.41, 5.74) is -0.975. The van der Waals surface area contributed by atoms with Crippen LogP contribution in [0.2, 0.25) is 5.02 Å². The molecule has 0 unspecified atom stereocenters. The maximum absolute atomic E-state index is 13.3. The Morgan fingerprint density at radius 1 is 1.14 bits per heavy atom. The summed E-state index contributed by atoms with van der Waals surface area (Å²) in [5, 5.41) is -0.236. The standard InChI is InChI=1S/C18H16ClF4NO3S/c19-12-5-8-16(14(10-12)18(21,22)23)28(25,26)24-17(15-2-1-9-27-15)11-3-6-13(20)7-4-11/h3-8,10,15,17,24H,1-2,9H2/t15-,17-/m0/s1. The van der Waals surface area contributed by atoms with Gasteiger partial charge < -0.3 is 4.74 Å². The molecule has 0 aliphatic carbocycles. The maximum atomic E-state index is 13.3. The Hall–Kier alpha value is -1.68. The highest BCUT2D eigenvalue weighted by molar-refractivity contribution is 7.89. The predicted molar refractivity (Wildman–Crippen MR) is 94.9 cm³/mol. The van der Waals surface area contributed by atoms with Crippen molar-refractivity contribution >= 4 is 21.6 Å². The Kier molecular flexibility index (Phi) is 6.00. The second-order valence-corrected chi connectivity index (χ2v) is 8.46. The predicted octanol–water partition coefficient (Wildman–Crippen LogP) is 4.70. The van der Waals surface area contributed by atoms with Crippen molar-refractivity contribution in [2.24, 2.45) is 0 Å². The van der Waals surface area contributed by atoms with Gasteiger partial charge in [-0.15, -0.1) is 0 Å². The third-order valence-electron chi connectivity index (χ3n) is 4.38. The van der Waals surface area contributed by atoms with E-state index in [4.69, 9.17) is 16.3 Å². The number of nitrogens with one attached hydrogen (secondary N) is 1. The van der Waals surface area contributed by atoms with Gasteiger partial charge in [0.1, 0.15) is 5.82 Å². The van der Waals surface area contributed by atoms with Crippen LogP contribution in [0.15, 0.2) is 47.4 Å². The van der Waals surface area contributed by atoms with Crippen molar-refractivity contribution in [2.75, 3.05) is 6.61 Å². The van der Waals surface area contributed by atoms with Gasteiger partial charge in [-0.25, -0.2) is 17.5 Å². The molecule has 1 aliphatic heterocycles. The molecule has 1 saturated heterocycles. The van der Waals surface area contributed by atoms with E-state index in [1.165, 1.54) is 12.1 Å². The first-order chi connectivity index (χ1) is 13.1. The minimum absolute atomic E-state index is 0.236. The largest absolute Gasteiger partial charge is 0.417 e. The zero-order valence-electron chi connectivity index (χ0n) is 14.3. The van der Waals surface area contributed by atoms with E-state index in [2.05, 4.69) is 4.72 Å². The van der Waals surface area contributed by atoms with E-state index in [9.17, 15) is 26.0 Å². The third kappa shape index (κ3) is 4.65. The van der Waals surface area contributed by atoms with E-state index < -0.39 is 44.6 Å². The second-order valence-electron chi connectivity index (χ2n) is 6.34. The van der Waals surface area contributed by atoms with Crippen LogP contribution in [-0.4, -0.2) is 21.1 Å². The van der Waals surface area contributed by atoms with Crippen molar-refractivity contribution in [1.82, 2.24) is 4.72 Å². The van der Waals surface area contributed by atoms with Crippen molar-refractivity contribution in [2.45, 2.75) is 36.1 Å². The van der Waals surface area contributed by atoms with Crippen LogP contribution >= 0.6 is 11.6 Å². The number of hydrogen-bond donors (Lipinski definition) is 1. The highest BCUT2D eigenvalue weighted by atomic mass is 35.5. The third-order valence-corrected chi connectivity index (χ3v) is 6.12. The molecular weight excluding hydrogens is 422 g/mol. The molecule has 0 saturated carbocycles. The van der Waals surface area contributed by atoms with Crippen LogP contribution in [-0.2, 0) is 20.9 Å². The SMILES string of the molecule is O=S(=O)(N[C@@H](c1ccc(F)cc1)[C@@H]1CCCO1)c1ccc(Cl)cc1C(F)(F)F. The zero-order valence-corrected chi connectivity index (χ0v) is 15.9. The number of sulfonamides is 1. The number of hydrogen-bond acceptors (Lipinski definition) is 3. The monoisotopic (exact) mass is 437 g/mol. The van der Waals surface area contributed by atoms with Gasteiger partial charge in [0.25, 0.3) is 0 Å². The first-order valence-electron chi connectivity index (χ1n) is 8.34. The van der Waals surface area contributed by atoms with E-state index >= 15 is 0 Å². The lowest BCUT2D eigenvalue weighted by Crippen LogP contribution is -2.37. The topological polar surface area (TPSA) is 55.4 Å². The van der Waals surface area contributed by atoms with Crippen LogP contribution in [0.5, 0.6) is 0 Å². The Morgan fingerprint density at radius 2 is 1.82 bits per heavy atom. The van der Waals surface area contributed by atoms with Gasteiger partial charge in [0.05, 0.1) is 22.6 Å². The fourth-order valence-electron chi connectivity index (χ4n) is 3.08. The summed E-state index contributed by atoms with van der Waals surface area (Å²) >= 11 is 5.62. The van der Waals surface area contributed by atoms with E-state index in [0.717, 1.165) is 24.3 Å². The van der Waals surface area contributed by atoms with Gasteiger partial charge in [0, 0.05) is 11.6 Å². The van der Waals surface area contributed by atoms with Crippen LogP contribution in [0.4, 0.5) is 17.6 Å². The van der Waals surface area contributed by atoms with Crippen LogP contribution in [0.3, 0.4) is 0 Å². The van der Waals surface area contributed by atoms with Crippen LogP contribution in [0.25, 0.3) is 0 Å². The Morgan fingerprint density at radius 3 is 2.39 bits per heavy atom. The molecule has 10 heteroatoms. The number of alkyl halides is 3. The smallest absolute Gasteiger partial charge is 0.376 e. The van der Waals surface area contributed by atoms with E-state index in [-0.39, 0.29) is 5.02 Å². The van der Waals surface area contributed by atoms with Crippen molar-refractivity contribution in [1.29, 1.82) is 0 Å². The molecule has 1 N–H and O–H groups in total. The molecule has 0 radical (unpaired) electrons. The molecule has 2 atom stereocenters. The fourth-order valence-corrected chi connectivity index (χ4v) is 4.72. The summed E-state index contributed by atoms with van der Waals surface area (Å²) in [7, 11) is -4.59. The molecule has 2 aromatic carbocycles. The highest BCUT2D eigenvalue weighted by Crippen LogP contribution is 2.37. The maximum Gasteiger partial charge on any atom is 0.417 e. The summed E-state index contributed by atoms with van der Waals surface area (Å²) in [6, 6.07) is 6.52. The average molecular weight is 438 g/mol. The first kappa shape index (κ1) is 21.0. The van der Waals surface area contributed by atoms with Crippen molar-refractivity contribution in [3.63, 3.8) is 0 Å². The number of halogens is 5. The summed E-state index contributed by atoms with van der Waals surface area (Å²) in [4.78, 5) is -0.936. The molecule has 0 aromatic heterocycles. The van der Waals surface area contributed by atoms with Crippen LogP contribution in [0, 0.1) is 5.82 Å². The molecule has 1 fully saturated rings. The molecule has 28 heavy (non-hydrogen) atoms. The van der Waals surface area contributed by atoms with Crippen LogP contribution in [0.1, 0.15) is 30.0 Å². The Labute approximate surface area is 164 Å². The molecule has 1 aliphatic rings. The number of ether oxygens (including phenoxy) is 1. The molecule has 3 rings (SSSR count). The molecular formula is C18H16ClF4NO3S. The minimum atomic E-state index is -4.91. The summed E-state index contributed by atoms with van der Waals surface area (Å²) in [6.07, 6.45) is -4.30. The van der Waals surface area contributed by atoms with E-state index in [1.807, 2.05) is 0 Å². The normalized spacial score (nSPS) is 19.0. The van der Waals surface area contributed by atoms with Crippen LogP contribution < -0.4 is 4.72 Å². The minimum Gasteiger partial charge on any atom is -0.376 e. The number of benzene rings is 2. The Balaban J connectivity index is 2.02. The highest BCUT2D eigenvalue weighted by Gasteiger charge is 2.39. The van der Waals surface area contributed by atoms with Gasteiger partial charge >= 0.3 is 6.18 Å². The molecule has 0 amide bonds. The zero-order chi connectivity index (χ0) is 20.5. The second kappa shape index (κ2) is 7.98. The Bertz CT molecular complexity index is 942. The molecule has 1 heterocycles. The fraction of sp³-hybridized carbons (Fsp3) is 0.333. The van der Waals surface area contributed by atoms with Crippen molar-refractivity contribution in [3.05, 3.63) is 64.4 Å². The van der Waals surface area contributed by atoms with E-state index in [0.29, 0.717) is 31.1 Å². The van der Waals surface area contributed by atoms with Gasteiger partial charge in [-0.1, -0.05) is 23.7 Å². The summed E-state index contributed by atoms with van der Waals surface area (Å²) in [6.45, 7) is 0.402. The average Bonchev–Trinajstić information content (AvgIpc) is 3.14. The summed E-state index contributed by atoms with van der Waals surface area (Å²) < 4.78 is 86.8. The molecule has 0 bridgehead atoms. The van der Waals surface area contributed by atoms with Gasteiger partial charge in [-0.2, -0.15) is 13.2 Å². The van der Waals surface area contributed by atoms with Crippen molar-refractivity contribution < 1.29 is 30.7 Å². The summed E-state index contributed by atoms with van der Waals surface area (Å²) in [5.74, 6) is -0.519. The molecule has 152 valence electrons. The van der Waals surface area contributed by atoms with Gasteiger partial charge in [0.2, 0.25) is 10.0 Å². The van der Waals surface area contributed by atoms with E-state index in [1.54, 1.807) is 0 Å². The van der Waals surface area contributed by atoms with Gasteiger partial charge in [-0.3, -0.25) is 0 Å². The number of rotatable bonds is 5. The molecule has 0 spiro atoms. The lowest BCUT2D eigenvalue weighted by molar-refractivity contribution is -0.139. The van der Waals surface area contributed by atoms with Gasteiger partial charge in [-0.05, 0) is 48.7 Å².